The molecule has 1 amide bonds. The molecule has 0 unspecified atom stereocenters. The molecular formula is C17H21N3O4S. The number of methoxy groups -OCH3 is 1. The van der Waals surface area contributed by atoms with E-state index in [1.54, 1.807) is 30.5 Å². The molecule has 0 saturated heterocycles. The Balaban J connectivity index is 1.88. The number of rotatable bonds is 6. The van der Waals surface area contributed by atoms with Gasteiger partial charge in [0.1, 0.15) is 5.76 Å². The number of carbonyl (C=O) groups is 1. The number of hydrazine groups is 1. The zero-order valence-electron chi connectivity index (χ0n) is 14.3. The number of carbonyl (C=O) groups excluding carboxylic acids is 1. The average Bonchev–Trinajstić information content (AvgIpc) is 3.11. The summed E-state index contributed by atoms with van der Waals surface area (Å²) in [4.78, 5) is 12.2. The van der Waals surface area contributed by atoms with E-state index in [9.17, 15) is 4.79 Å². The Morgan fingerprint density at radius 1 is 1.24 bits per heavy atom. The first-order valence-corrected chi connectivity index (χ1v) is 8.11. The van der Waals surface area contributed by atoms with Gasteiger partial charge in [0.15, 0.2) is 16.6 Å². The van der Waals surface area contributed by atoms with Crippen molar-refractivity contribution in [3.63, 3.8) is 0 Å². The number of thiocarbonyl (C=S) groups is 1. The van der Waals surface area contributed by atoms with Gasteiger partial charge in [-0.2, -0.15) is 0 Å². The van der Waals surface area contributed by atoms with E-state index in [0.29, 0.717) is 23.6 Å². The molecule has 8 heteroatoms. The average molecular weight is 363 g/mol. The van der Waals surface area contributed by atoms with E-state index in [-0.39, 0.29) is 17.1 Å². The first-order chi connectivity index (χ1) is 12.0. The lowest BCUT2D eigenvalue weighted by Gasteiger charge is -2.15. The lowest BCUT2D eigenvalue weighted by Crippen LogP contribution is -2.46. The number of hydrogen-bond acceptors (Lipinski definition) is 5. The van der Waals surface area contributed by atoms with Crippen LogP contribution in [0.4, 0.5) is 0 Å². The molecule has 1 heterocycles. The summed E-state index contributed by atoms with van der Waals surface area (Å²) in [5.74, 6) is 1.45. The molecule has 0 spiro atoms. The summed E-state index contributed by atoms with van der Waals surface area (Å²) in [6.45, 7) is 4.26. The number of nitrogens with one attached hydrogen (secondary N) is 3. The van der Waals surface area contributed by atoms with Crippen LogP contribution in [0.3, 0.4) is 0 Å². The van der Waals surface area contributed by atoms with E-state index < -0.39 is 0 Å². The van der Waals surface area contributed by atoms with E-state index in [1.807, 2.05) is 19.9 Å². The molecule has 3 N–H and O–H groups in total. The molecule has 0 atom stereocenters. The van der Waals surface area contributed by atoms with Crippen molar-refractivity contribution in [3.8, 4) is 11.5 Å². The summed E-state index contributed by atoms with van der Waals surface area (Å²) >= 11 is 5.09. The van der Waals surface area contributed by atoms with E-state index in [2.05, 4.69) is 16.2 Å². The maximum atomic E-state index is 12.2. The number of hydrogen-bond donors (Lipinski definition) is 3. The van der Waals surface area contributed by atoms with Crippen molar-refractivity contribution in [2.75, 3.05) is 7.11 Å². The van der Waals surface area contributed by atoms with Gasteiger partial charge in [-0.25, -0.2) is 0 Å². The van der Waals surface area contributed by atoms with Crippen LogP contribution in [0, 0.1) is 0 Å². The number of ether oxygens (including phenoxy) is 2. The molecule has 25 heavy (non-hydrogen) atoms. The summed E-state index contributed by atoms with van der Waals surface area (Å²) in [6.07, 6.45) is 1.59. The number of benzene rings is 1. The Kier molecular flexibility index (Phi) is 6.64. The molecule has 0 radical (unpaired) electrons. The predicted molar refractivity (Wildman–Crippen MR) is 97.5 cm³/mol. The highest BCUT2D eigenvalue weighted by Crippen LogP contribution is 2.28. The monoisotopic (exact) mass is 363 g/mol. The minimum atomic E-state index is -0.350. The molecule has 0 fully saturated rings. The van der Waals surface area contributed by atoms with Gasteiger partial charge in [0, 0.05) is 5.56 Å². The predicted octanol–water partition coefficient (Wildman–Crippen LogP) is 2.38. The van der Waals surface area contributed by atoms with Gasteiger partial charge in [0.2, 0.25) is 0 Å². The normalized spacial score (nSPS) is 10.2. The first-order valence-electron chi connectivity index (χ1n) is 7.71. The van der Waals surface area contributed by atoms with Gasteiger partial charge in [-0.3, -0.25) is 15.6 Å². The van der Waals surface area contributed by atoms with Crippen molar-refractivity contribution in [2.24, 2.45) is 0 Å². The largest absolute Gasteiger partial charge is 0.493 e. The maximum Gasteiger partial charge on any atom is 0.269 e. The second-order valence-electron chi connectivity index (χ2n) is 5.37. The summed E-state index contributed by atoms with van der Waals surface area (Å²) in [7, 11) is 1.52. The van der Waals surface area contributed by atoms with Gasteiger partial charge in [-0.05, 0) is 56.4 Å². The Morgan fingerprint density at radius 3 is 2.68 bits per heavy atom. The van der Waals surface area contributed by atoms with Gasteiger partial charge in [-0.1, -0.05) is 0 Å². The van der Waals surface area contributed by atoms with Crippen molar-refractivity contribution in [1.82, 2.24) is 16.2 Å². The highest BCUT2D eigenvalue weighted by atomic mass is 32.1. The molecule has 0 aliphatic carbocycles. The van der Waals surface area contributed by atoms with E-state index in [1.165, 1.54) is 7.11 Å². The topological polar surface area (TPSA) is 84.8 Å². The molecule has 7 nitrogen and oxygen atoms in total. The fraction of sp³-hybridized carbons (Fsp3) is 0.294. The summed E-state index contributed by atoms with van der Waals surface area (Å²) in [6, 6.07) is 8.56. The van der Waals surface area contributed by atoms with Crippen LogP contribution in [0.15, 0.2) is 41.0 Å². The molecule has 1 aromatic heterocycles. The van der Waals surface area contributed by atoms with Crippen LogP contribution in [0.1, 0.15) is 30.0 Å². The Hall–Kier alpha value is -2.74. The number of furan rings is 1. The molecule has 0 saturated carbocycles. The fourth-order valence-corrected chi connectivity index (χ4v) is 2.09. The summed E-state index contributed by atoms with van der Waals surface area (Å²) in [5, 5.41) is 3.19. The quantitative estimate of drug-likeness (QED) is 0.537. The lowest BCUT2D eigenvalue weighted by molar-refractivity contribution is 0.0943. The van der Waals surface area contributed by atoms with Crippen molar-refractivity contribution in [3.05, 3.63) is 47.9 Å². The molecule has 0 bridgehead atoms. The van der Waals surface area contributed by atoms with Crippen molar-refractivity contribution < 1.29 is 18.7 Å². The van der Waals surface area contributed by atoms with Crippen LogP contribution in [-0.4, -0.2) is 24.2 Å². The minimum Gasteiger partial charge on any atom is -0.493 e. The highest BCUT2D eigenvalue weighted by Gasteiger charge is 2.12. The molecule has 134 valence electrons. The molecule has 0 aliphatic rings. The Bertz CT molecular complexity index is 717. The molecule has 2 rings (SSSR count). The van der Waals surface area contributed by atoms with Crippen LogP contribution < -0.4 is 25.6 Å². The van der Waals surface area contributed by atoms with Crippen molar-refractivity contribution in [2.45, 2.75) is 26.5 Å². The third-order valence-corrected chi connectivity index (χ3v) is 3.33. The van der Waals surface area contributed by atoms with Gasteiger partial charge in [0.05, 0.1) is 26.0 Å². The maximum absolute atomic E-state index is 12.2. The highest BCUT2D eigenvalue weighted by molar-refractivity contribution is 7.80. The molecule has 1 aromatic carbocycles. The zero-order chi connectivity index (χ0) is 18.2. The Morgan fingerprint density at radius 2 is 2.04 bits per heavy atom. The first kappa shape index (κ1) is 18.6. The van der Waals surface area contributed by atoms with E-state index >= 15 is 0 Å². The minimum absolute atomic E-state index is 0.00727. The van der Waals surface area contributed by atoms with Gasteiger partial charge in [-0.15, -0.1) is 0 Å². The van der Waals surface area contributed by atoms with Gasteiger partial charge >= 0.3 is 0 Å². The van der Waals surface area contributed by atoms with Gasteiger partial charge in [0.25, 0.3) is 5.91 Å². The second kappa shape index (κ2) is 8.93. The van der Waals surface area contributed by atoms with Crippen LogP contribution in [0.5, 0.6) is 11.5 Å². The zero-order valence-corrected chi connectivity index (χ0v) is 15.1. The third-order valence-electron chi connectivity index (χ3n) is 3.08. The van der Waals surface area contributed by atoms with Crippen LogP contribution in [0.2, 0.25) is 0 Å². The van der Waals surface area contributed by atoms with Crippen molar-refractivity contribution in [1.29, 1.82) is 0 Å². The third kappa shape index (κ3) is 5.68. The SMILES string of the molecule is COc1cc(C(=O)NNC(=S)NCc2ccco2)ccc1OC(C)C. The van der Waals surface area contributed by atoms with Crippen molar-refractivity contribution >= 4 is 23.2 Å². The van der Waals surface area contributed by atoms with Gasteiger partial charge < -0.3 is 19.2 Å². The van der Waals surface area contributed by atoms with E-state index in [4.69, 9.17) is 26.1 Å². The molecule has 0 aliphatic heterocycles. The standard InChI is InChI=1S/C17H21N3O4S/c1-11(2)24-14-7-6-12(9-15(14)22-3)16(21)19-20-17(25)18-10-13-5-4-8-23-13/h4-9,11H,10H2,1-3H3,(H,19,21)(H2,18,20,25). The van der Waals surface area contributed by atoms with Crippen LogP contribution in [-0.2, 0) is 6.54 Å². The Labute approximate surface area is 151 Å². The summed E-state index contributed by atoms with van der Waals surface area (Å²) in [5.41, 5.74) is 5.57. The number of amides is 1. The van der Waals surface area contributed by atoms with E-state index in [0.717, 1.165) is 5.76 Å². The summed E-state index contributed by atoms with van der Waals surface area (Å²) < 4.78 is 16.1. The van der Waals surface area contributed by atoms with Crippen LogP contribution >= 0.6 is 12.2 Å². The second-order valence-corrected chi connectivity index (χ2v) is 5.78. The lowest BCUT2D eigenvalue weighted by atomic mass is 10.2. The molecular weight excluding hydrogens is 342 g/mol. The fourth-order valence-electron chi connectivity index (χ4n) is 1.97. The van der Waals surface area contributed by atoms with Crippen LogP contribution in [0.25, 0.3) is 0 Å². The smallest absolute Gasteiger partial charge is 0.269 e. The molecule has 2 aromatic rings.